The molecule has 0 aliphatic carbocycles. The van der Waals surface area contributed by atoms with E-state index in [2.05, 4.69) is 16.9 Å². The highest BCUT2D eigenvalue weighted by atomic mass is 16.6. The van der Waals surface area contributed by atoms with E-state index in [4.69, 9.17) is 16.2 Å². The number of hydrogen-bond acceptors (Lipinski definition) is 3. The topological polar surface area (TPSA) is 82.9 Å². The number of rotatable bonds is 7. The van der Waals surface area contributed by atoms with Crippen molar-refractivity contribution in [3.8, 4) is 0 Å². The lowest BCUT2D eigenvalue weighted by atomic mass is 10.4. The zero-order valence-electron chi connectivity index (χ0n) is 7.45. The largest absolute Gasteiger partial charge is 0.390 e. The van der Waals surface area contributed by atoms with Gasteiger partial charge in [0.1, 0.15) is 6.61 Å². The Kier molecular flexibility index (Phi) is 7.47. The first-order valence-electron chi connectivity index (χ1n) is 4.06. The Hall–Kier alpha value is -0.970. The minimum atomic E-state index is -0.0661. The van der Waals surface area contributed by atoms with Gasteiger partial charge >= 0.3 is 0 Å². The van der Waals surface area contributed by atoms with Crippen LogP contribution in [0, 0.1) is 0 Å². The summed E-state index contributed by atoms with van der Waals surface area (Å²) in [4.78, 5) is 4.69. The Morgan fingerprint density at radius 3 is 2.58 bits per heavy atom. The zero-order valence-corrected chi connectivity index (χ0v) is 7.45. The van der Waals surface area contributed by atoms with E-state index in [9.17, 15) is 0 Å². The maximum absolute atomic E-state index is 5.18. The normalized spacial score (nSPS) is 9.42. The number of hydrogen-bond donors (Lipinski definition) is 2. The van der Waals surface area contributed by atoms with Gasteiger partial charge in [0.25, 0.3) is 0 Å². The van der Waals surface area contributed by atoms with Gasteiger partial charge in [-0.05, 0) is 11.6 Å². The van der Waals surface area contributed by atoms with Gasteiger partial charge < -0.3 is 21.0 Å². The molecule has 5 nitrogen and oxygen atoms in total. The van der Waals surface area contributed by atoms with E-state index in [0.29, 0.717) is 13.2 Å². The van der Waals surface area contributed by atoms with Crippen LogP contribution in [0.5, 0.6) is 0 Å². The molecule has 0 radical (unpaired) electrons. The molecule has 0 saturated heterocycles. The highest BCUT2D eigenvalue weighted by Gasteiger charge is 1.87. The number of ether oxygens (including phenoxy) is 1. The summed E-state index contributed by atoms with van der Waals surface area (Å²) in [6.07, 6.45) is 2.21. The molecule has 5 heteroatoms. The second kappa shape index (κ2) is 8.13. The van der Waals surface area contributed by atoms with Gasteiger partial charge in [0.2, 0.25) is 5.96 Å². The lowest BCUT2D eigenvalue weighted by Crippen LogP contribution is -2.23. The van der Waals surface area contributed by atoms with Gasteiger partial charge in [-0.25, -0.2) is 0 Å². The van der Waals surface area contributed by atoms with Crippen molar-refractivity contribution in [2.24, 2.45) is 16.6 Å². The van der Waals surface area contributed by atoms with Crippen molar-refractivity contribution in [1.29, 1.82) is 0 Å². The van der Waals surface area contributed by atoms with Crippen LogP contribution in [0.2, 0.25) is 0 Å². The molecule has 0 unspecified atom stereocenters. The van der Waals surface area contributed by atoms with Crippen molar-refractivity contribution in [3.05, 3.63) is 0 Å². The van der Waals surface area contributed by atoms with Gasteiger partial charge in [0.05, 0.1) is 6.61 Å². The van der Waals surface area contributed by atoms with Crippen LogP contribution in [-0.4, -0.2) is 25.8 Å². The fourth-order valence-corrected chi connectivity index (χ4v) is 0.565. The van der Waals surface area contributed by atoms with Crippen molar-refractivity contribution >= 4 is 5.96 Å². The van der Waals surface area contributed by atoms with Crippen molar-refractivity contribution < 1.29 is 9.57 Å². The molecular formula is C7H17N3O2. The first kappa shape index (κ1) is 11.0. The quantitative estimate of drug-likeness (QED) is 0.247. The van der Waals surface area contributed by atoms with E-state index in [1.165, 1.54) is 0 Å². The van der Waals surface area contributed by atoms with E-state index in [0.717, 1.165) is 19.4 Å². The van der Waals surface area contributed by atoms with Crippen molar-refractivity contribution in [2.75, 3.05) is 19.8 Å². The van der Waals surface area contributed by atoms with Crippen LogP contribution in [0.4, 0.5) is 0 Å². The smallest absolute Gasteiger partial charge is 0.228 e. The molecular weight excluding hydrogens is 158 g/mol. The molecule has 0 heterocycles. The minimum absolute atomic E-state index is 0.0661. The molecule has 12 heavy (non-hydrogen) atoms. The molecule has 0 atom stereocenters. The summed E-state index contributed by atoms with van der Waals surface area (Å²) in [5.41, 5.74) is 10.0. The summed E-state index contributed by atoms with van der Waals surface area (Å²) in [5, 5.41) is 3.33. The summed E-state index contributed by atoms with van der Waals surface area (Å²) in [7, 11) is 0. The molecule has 0 saturated carbocycles. The third-order valence-corrected chi connectivity index (χ3v) is 1.13. The molecule has 0 amide bonds. The second-order valence-electron chi connectivity index (χ2n) is 2.32. The van der Waals surface area contributed by atoms with Crippen molar-refractivity contribution in [3.63, 3.8) is 0 Å². The Morgan fingerprint density at radius 2 is 2.00 bits per heavy atom. The van der Waals surface area contributed by atoms with Crippen molar-refractivity contribution in [2.45, 2.75) is 19.8 Å². The first-order chi connectivity index (χ1) is 5.77. The van der Waals surface area contributed by atoms with Crippen LogP contribution in [0.15, 0.2) is 5.16 Å². The van der Waals surface area contributed by atoms with Crippen LogP contribution in [0.3, 0.4) is 0 Å². The molecule has 72 valence electrons. The Balaban J connectivity index is 2.96. The fraction of sp³-hybridized carbons (Fsp3) is 0.857. The predicted molar refractivity (Wildman–Crippen MR) is 47.5 cm³/mol. The van der Waals surface area contributed by atoms with Crippen LogP contribution >= 0.6 is 0 Å². The molecule has 0 aliphatic heterocycles. The lowest BCUT2D eigenvalue weighted by Gasteiger charge is -2.01. The standard InChI is InChI=1S/C7H17N3O2/c1-2-3-4-11-5-6-12-10-7(8)9/h2-6H2,1H3,(H4,8,9,10). The van der Waals surface area contributed by atoms with E-state index >= 15 is 0 Å². The number of unbranched alkanes of at least 4 members (excludes halogenated alkanes) is 1. The molecule has 0 aromatic rings. The van der Waals surface area contributed by atoms with E-state index < -0.39 is 0 Å². The summed E-state index contributed by atoms with van der Waals surface area (Å²) in [6.45, 7) is 3.79. The third kappa shape index (κ3) is 9.03. The lowest BCUT2D eigenvalue weighted by molar-refractivity contribution is 0.0494. The number of oxime groups is 1. The average Bonchev–Trinajstić information content (AvgIpc) is 2.02. The molecule has 0 aromatic heterocycles. The van der Waals surface area contributed by atoms with Crippen LogP contribution in [0.1, 0.15) is 19.8 Å². The maximum Gasteiger partial charge on any atom is 0.228 e. The highest BCUT2D eigenvalue weighted by Crippen LogP contribution is 1.87. The summed E-state index contributed by atoms with van der Waals surface area (Å²) in [5.74, 6) is -0.0661. The van der Waals surface area contributed by atoms with Gasteiger partial charge in [0.15, 0.2) is 0 Å². The summed E-state index contributed by atoms with van der Waals surface area (Å²) in [6, 6.07) is 0. The molecule has 0 rings (SSSR count). The Morgan fingerprint density at radius 1 is 1.25 bits per heavy atom. The van der Waals surface area contributed by atoms with Gasteiger partial charge in [-0.1, -0.05) is 13.3 Å². The molecule has 0 bridgehead atoms. The third-order valence-electron chi connectivity index (χ3n) is 1.13. The highest BCUT2D eigenvalue weighted by molar-refractivity contribution is 5.74. The Bertz CT molecular complexity index is 124. The summed E-state index contributed by atoms with van der Waals surface area (Å²) >= 11 is 0. The number of guanidine groups is 1. The van der Waals surface area contributed by atoms with E-state index in [1.807, 2.05) is 0 Å². The van der Waals surface area contributed by atoms with E-state index in [1.54, 1.807) is 0 Å². The van der Waals surface area contributed by atoms with E-state index in [-0.39, 0.29) is 5.96 Å². The van der Waals surface area contributed by atoms with Crippen LogP contribution < -0.4 is 11.5 Å². The second-order valence-corrected chi connectivity index (χ2v) is 2.32. The number of nitrogens with zero attached hydrogens (tertiary/aromatic N) is 1. The molecule has 0 spiro atoms. The van der Waals surface area contributed by atoms with Gasteiger partial charge in [-0.15, -0.1) is 0 Å². The first-order valence-corrected chi connectivity index (χ1v) is 4.06. The zero-order chi connectivity index (χ0) is 9.23. The van der Waals surface area contributed by atoms with Gasteiger partial charge in [-0.2, -0.15) is 0 Å². The van der Waals surface area contributed by atoms with Gasteiger partial charge in [0, 0.05) is 6.61 Å². The van der Waals surface area contributed by atoms with Crippen LogP contribution in [-0.2, 0) is 9.57 Å². The summed E-state index contributed by atoms with van der Waals surface area (Å²) < 4.78 is 5.18. The average molecular weight is 175 g/mol. The maximum atomic E-state index is 5.18. The van der Waals surface area contributed by atoms with Gasteiger partial charge in [-0.3, -0.25) is 0 Å². The molecule has 0 fully saturated rings. The van der Waals surface area contributed by atoms with Crippen molar-refractivity contribution in [1.82, 2.24) is 0 Å². The van der Waals surface area contributed by atoms with Crippen LogP contribution in [0.25, 0.3) is 0 Å². The molecule has 4 N–H and O–H groups in total. The molecule has 0 aromatic carbocycles. The molecule has 0 aliphatic rings. The predicted octanol–water partition coefficient (Wildman–Crippen LogP) is 0.00810. The SMILES string of the molecule is CCCCOCCON=C(N)N. The fourth-order valence-electron chi connectivity index (χ4n) is 0.565. The minimum Gasteiger partial charge on any atom is -0.390 e. The number of nitrogens with two attached hydrogens (primary N) is 2. The monoisotopic (exact) mass is 175 g/mol. The Labute approximate surface area is 72.7 Å².